The lowest BCUT2D eigenvalue weighted by molar-refractivity contribution is 0.0704. The number of carbonyl (C=O) groups excluding carboxylic acids is 1. The molecule has 104 valence electrons. The number of amides is 1. The first kappa shape index (κ1) is 14.2. The topological polar surface area (TPSA) is 53.4 Å². The quantitative estimate of drug-likeness (QED) is 0.926. The number of carbonyl (C=O) groups is 1. The van der Waals surface area contributed by atoms with Crippen molar-refractivity contribution in [3.05, 3.63) is 54.4 Å². The Bertz CT molecular complexity index is 582. The van der Waals surface area contributed by atoms with E-state index in [1.807, 2.05) is 30.3 Å². The molecule has 0 aliphatic heterocycles. The zero-order valence-electron chi connectivity index (χ0n) is 11.7. The summed E-state index contributed by atoms with van der Waals surface area (Å²) in [5.74, 6) is -0.106. The molecule has 0 bridgehead atoms. The highest BCUT2D eigenvalue weighted by Gasteiger charge is 2.17. The lowest BCUT2D eigenvalue weighted by atomic mass is 10.0. The third kappa shape index (κ3) is 3.22. The second-order valence-corrected chi connectivity index (χ2v) is 4.82. The summed E-state index contributed by atoms with van der Waals surface area (Å²) in [5, 5.41) is 9.40. The number of benzene rings is 1. The summed E-state index contributed by atoms with van der Waals surface area (Å²) >= 11 is 0. The maximum atomic E-state index is 12.5. The van der Waals surface area contributed by atoms with Crippen LogP contribution in [-0.2, 0) is 0 Å². The van der Waals surface area contributed by atoms with Crippen molar-refractivity contribution in [3.63, 3.8) is 0 Å². The lowest BCUT2D eigenvalue weighted by Crippen LogP contribution is -2.33. The van der Waals surface area contributed by atoms with Gasteiger partial charge in [0.2, 0.25) is 0 Å². The number of aliphatic hydroxyl groups excluding tert-OH is 1. The Labute approximate surface area is 118 Å². The minimum Gasteiger partial charge on any atom is -0.392 e. The van der Waals surface area contributed by atoms with Crippen molar-refractivity contribution in [1.82, 2.24) is 9.88 Å². The van der Waals surface area contributed by atoms with Crippen LogP contribution in [0.2, 0.25) is 0 Å². The van der Waals surface area contributed by atoms with Crippen LogP contribution in [0.15, 0.2) is 48.8 Å². The minimum atomic E-state index is -0.547. The van der Waals surface area contributed by atoms with Gasteiger partial charge in [-0.2, -0.15) is 0 Å². The molecule has 4 nitrogen and oxygen atoms in total. The van der Waals surface area contributed by atoms with E-state index in [2.05, 4.69) is 4.98 Å². The molecular weight excluding hydrogens is 252 g/mol. The van der Waals surface area contributed by atoms with E-state index in [0.29, 0.717) is 12.1 Å². The first-order chi connectivity index (χ1) is 9.59. The third-order valence-corrected chi connectivity index (χ3v) is 3.01. The number of likely N-dealkylation sites (N-methyl/N-ethyl adjacent to an activating group) is 1. The molecule has 1 N–H and O–H groups in total. The van der Waals surface area contributed by atoms with E-state index in [0.717, 1.165) is 11.1 Å². The molecule has 1 unspecified atom stereocenters. The molecular formula is C16H18N2O2. The van der Waals surface area contributed by atoms with Gasteiger partial charge < -0.3 is 10.0 Å². The SMILES string of the molecule is CC(O)CN(C)C(=O)c1ccccc1-c1cccnc1. The standard InChI is InChI=1S/C16H18N2O2/c1-12(19)11-18(2)16(20)15-8-4-3-7-14(15)13-6-5-9-17-10-13/h3-10,12,19H,11H2,1-2H3. The number of pyridine rings is 1. The molecule has 0 saturated heterocycles. The van der Waals surface area contributed by atoms with Gasteiger partial charge in [0.25, 0.3) is 5.91 Å². The fraction of sp³-hybridized carbons (Fsp3) is 0.250. The molecule has 20 heavy (non-hydrogen) atoms. The molecule has 0 fully saturated rings. The van der Waals surface area contributed by atoms with Gasteiger partial charge in [0.05, 0.1) is 6.10 Å². The van der Waals surface area contributed by atoms with Crippen LogP contribution in [0.5, 0.6) is 0 Å². The average molecular weight is 270 g/mol. The van der Waals surface area contributed by atoms with Crippen molar-refractivity contribution in [1.29, 1.82) is 0 Å². The van der Waals surface area contributed by atoms with E-state index in [1.54, 1.807) is 32.4 Å². The summed E-state index contributed by atoms with van der Waals surface area (Å²) in [4.78, 5) is 18.1. The van der Waals surface area contributed by atoms with Crippen molar-refractivity contribution in [2.45, 2.75) is 13.0 Å². The fourth-order valence-corrected chi connectivity index (χ4v) is 2.13. The normalized spacial score (nSPS) is 11.9. The van der Waals surface area contributed by atoms with Crippen LogP contribution in [-0.4, -0.2) is 40.6 Å². The van der Waals surface area contributed by atoms with Crippen LogP contribution in [0.1, 0.15) is 17.3 Å². The van der Waals surface area contributed by atoms with Crippen molar-refractivity contribution < 1.29 is 9.90 Å². The molecule has 1 atom stereocenters. The molecule has 0 saturated carbocycles. The Balaban J connectivity index is 2.36. The van der Waals surface area contributed by atoms with Gasteiger partial charge in [0.1, 0.15) is 0 Å². The van der Waals surface area contributed by atoms with Crippen LogP contribution >= 0.6 is 0 Å². The number of hydrogen-bond acceptors (Lipinski definition) is 3. The summed E-state index contributed by atoms with van der Waals surface area (Å²) in [6, 6.07) is 11.2. The van der Waals surface area contributed by atoms with Gasteiger partial charge in [-0.05, 0) is 24.6 Å². The highest BCUT2D eigenvalue weighted by Crippen LogP contribution is 2.23. The zero-order valence-corrected chi connectivity index (χ0v) is 11.7. The Kier molecular flexibility index (Phi) is 4.48. The molecule has 2 rings (SSSR count). The lowest BCUT2D eigenvalue weighted by Gasteiger charge is -2.20. The molecule has 0 radical (unpaired) electrons. The largest absolute Gasteiger partial charge is 0.392 e. The Morgan fingerprint density at radius 2 is 2.05 bits per heavy atom. The van der Waals surface area contributed by atoms with Crippen molar-refractivity contribution in [2.75, 3.05) is 13.6 Å². The number of aromatic nitrogens is 1. The number of rotatable bonds is 4. The first-order valence-electron chi connectivity index (χ1n) is 6.52. The van der Waals surface area contributed by atoms with E-state index in [4.69, 9.17) is 0 Å². The highest BCUT2D eigenvalue weighted by atomic mass is 16.3. The molecule has 4 heteroatoms. The van der Waals surface area contributed by atoms with Gasteiger partial charge in [-0.25, -0.2) is 0 Å². The molecule has 1 aromatic heterocycles. The van der Waals surface area contributed by atoms with Crippen molar-refractivity contribution in [3.8, 4) is 11.1 Å². The van der Waals surface area contributed by atoms with E-state index in [9.17, 15) is 9.90 Å². The fourth-order valence-electron chi connectivity index (χ4n) is 2.13. The number of nitrogens with zero attached hydrogens (tertiary/aromatic N) is 2. The van der Waals surface area contributed by atoms with E-state index in [-0.39, 0.29) is 5.91 Å². The molecule has 1 amide bonds. The number of hydrogen-bond donors (Lipinski definition) is 1. The molecule has 0 aliphatic rings. The number of aliphatic hydroxyl groups is 1. The van der Waals surface area contributed by atoms with Crippen LogP contribution < -0.4 is 0 Å². The molecule has 2 aromatic rings. The maximum absolute atomic E-state index is 12.5. The van der Waals surface area contributed by atoms with Gasteiger partial charge in [-0.15, -0.1) is 0 Å². The molecule has 0 spiro atoms. The van der Waals surface area contributed by atoms with E-state index >= 15 is 0 Å². The Hall–Kier alpha value is -2.20. The van der Waals surface area contributed by atoms with Crippen LogP contribution in [0.3, 0.4) is 0 Å². The summed E-state index contributed by atoms with van der Waals surface area (Å²) in [5.41, 5.74) is 2.37. The third-order valence-electron chi connectivity index (χ3n) is 3.01. The van der Waals surface area contributed by atoms with Crippen LogP contribution in [0, 0.1) is 0 Å². The first-order valence-corrected chi connectivity index (χ1v) is 6.52. The molecule has 0 aliphatic carbocycles. The van der Waals surface area contributed by atoms with Crippen LogP contribution in [0.25, 0.3) is 11.1 Å². The van der Waals surface area contributed by atoms with E-state index < -0.39 is 6.10 Å². The molecule has 1 aromatic carbocycles. The Morgan fingerprint density at radius 3 is 2.70 bits per heavy atom. The summed E-state index contributed by atoms with van der Waals surface area (Å²) in [6.07, 6.45) is 2.89. The Morgan fingerprint density at radius 1 is 1.30 bits per heavy atom. The summed E-state index contributed by atoms with van der Waals surface area (Å²) in [6.45, 7) is 1.97. The zero-order chi connectivity index (χ0) is 14.5. The van der Waals surface area contributed by atoms with Gasteiger partial charge in [-0.1, -0.05) is 24.3 Å². The van der Waals surface area contributed by atoms with E-state index in [1.165, 1.54) is 4.90 Å². The van der Waals surface area contributed by atoms with Crippen molar-refractivity contribution in [2.24, 2.45) is 0 Å². The second kappa shape index (κ2) is 6.30. The summed E-state index contributed by atoms with van der Waals surface area (Å²) < 4.78 is 0. The summed E-state index contributed by atoms with van der Waals surface area (Å²) in [7, 11) is 1.69. The minimum absolute atomic E-state index is 0.106. The monoisotopic (exact) mass is 270 g/mol. The van der Waals surface area contributed by atoms with Gasteiger partial charge in [0.15, 0.2) is 0 Å². The molecule has 1 heterocycles. The van der Waals surface area contributed by atoms with Crippen molar-refractivity contribution >= 4 is 5.91 Å². The van der Waals surface area contributed by atoms with Gasteiger partial charge >= 0.3 is 0 Å². The van der Waals surface area contributed by atoms with Gasteiger partial charge in [-0.3, -0.25) is 9.78 Å². The second-order valence-electron chi connectivity index (χ2n) is 4.82. The smallest absolute Gasteiger partial charge is 0.254 e. The van der Waals surface area contributed by atoms with Gasteiger partial charge in [0, 0.05) is 37.1 Å². The van der Waals surface area contributed by atoms with Crippen LogP contribution in [0.4, 0.5) is 0 Å². The predicted molar refractivity (Wildman–Crippen MR) is 78.3 cm³/mol. The predicted octanol–water partition coefficient (Wildman–Crippen LogP) is 2.20. The highest BCUT2D eigenvalue weighted by molar-refractivity contribution is 6.00. The maximum Gasteiger partial charge on any atom is 0.254 e. The average Bonchev–Trinajstić information content (AvgIpc) is 2.46.